The normalized spacial score (nSPS) is 22.3. The van der Waals surface area contributed by atoms with Crippen molar-refractivity contribution < 1.29 is 9.53 Å². The average Bonchev–Trinajstić information content (AvgIpc) is 3.40. The Bertz CT molecular complexity index is 1810. The van der Waals surface area contributed by atoms with Crippen molar-refractivity contribution in [2.24, 2.45) is 31.7 Å². The third-order valence-electron chi connectivity index (χ3n) is 9.32. The number of hydrogen-bond donors (Lipinski definition) is 1. The van der Waals surface area contributed by atoms with Crippen molar-refractivity contribution in [1.82, 2.24) is 28.8 Å². The first-order valence-corrected chi connectivity index (χ1v) is 15.0. The third kappa shape index (κ3) is 3.51. The lowest BCUT2D eigenvalue weighted by atomic mass is 10.1. The zero-order valence-corrected chi connectivity index (χ0v) is 23.8. The summed E-state index contributed by atoms with van der Waals surface area (Å²) in [7, 11) is 5.66. The number of thiophene rings is 1. The van der Waals surface area contributed by atoms with Gasteiger partial charge >= 0.3 is 0 Å². The van der Waals surface area contributed by atoms with Crippen molar-refractivity contribution in [3.05, 3.63) is 41.5 Å². The molecule has 1 aliphatic heterocycles. The van der Waals surface area contributed by atoms with E-state index >= 15 is 0 Å². The van der Waals surface area contributed by atoms with E-state index in [1.54, 1.807) is 18.4 Å². The van der Waals surface area contributed by atoms with Gasteiger partial charge in [0, 0.05) is 67.5 Å². The smallest absolute Gasteiger partial charge is 0.254 e. The predicted octanol–water partition coefficient (Wildman–Crippen LogP) is 4.64. The summed E-state index contributed by atoms with van der Waals surface area (Å²) in [5.41, 5.74) is 13.4. The van der Waals surface area contributed by atoms with E-state index in [1.807, 2.05) is 42.0 Å². The van der Waals surface area contributed by atoms with Crippen LogP contribution < -0.4 is 10.5 Å². The zero-order chi connectivity index (χ0) is 27.3. The predicted molar refractivity (Wildman–Crippen MR) is 157 cm³/mol. The van der Waals surface area contributed by atoms with Gasteiger partial charge in [-0.05, 0) is 55.7 Å². The number of aryl methyl sites for hydroxylation is 2. The van der Waals surface area contributed by atoms with Gasteiger partial charge in [-0.15, -0.1) is 11.3 Å². The fourth-order valence-corrected chi connectivity index (χ4v) is 8.04. The molecule has 206 valence electrons. The molecule has 9 nitrogen and oxygen atoms in total. The average molecular weight is 556 g/mol. The maximum atomic E-state index is 13.7. The van der Waals surface area contributed by atoms with Crippen LogP contribution in [-0.4, -0.2) is 60.4 Å². The molecule has 2 bridgehead atoms. The van der Waals surface area contributed by atoms with Crippen LogP contribution in [0.3, 0.4) is 0 Å². The third-order valence-corrected chi connectivity index (χ3v) is 10.2. The first-order valence-electron chi connectivity index (χ1n) is 14.1. The van der Waals surface area contributed by atoms with Gasteiger partial charge < -0.3 is 24.5 Å². The highest BCUT2D eigenvalue weighted by molar-refractivity contribution is 7.17. The summed E-state index contributed by atoms with van der Waals surface area (Å²) < 4.78 is 13.5. The second-order valence-corrected chi connectivity index (χ2v) is 12.7. The topological polar surface area (TPSA) is 96.1 Å². The number of likely N-dealkylation sites (tertiary alicyclic amines) is 1. The van der Waals surface area contributed by atoms with E-state index in [4.69, 9.17) is 15.5 Å². The van der Waals surface area contributed by atoms with Crippen LogP contribution in [0, 0.1) is 11.8 Å². The summed E-state index contributed by atoms with van der Waals surface area (Å²) in [5.74, 6) is 2.65. The van der Waals surface area contributed by atoms with Crippen molar-refractivity contribution in [2.75, 3.05) is 13.7 Å². The monoisotopic (exact) mass is 555 g/mol. The zero-order valence-electron chi connectivity index (χ0n) is 23.0. The lowest BCUT2D eigenvalue weighted by Gasteiger charge is -2.27. The highest BCUT2D eigenvalue weighted by Gasteiger charge is 2.47. The van der Waals surface area contributed by atoms with E-state index in [-0.39, 0.29) is 18.0 Å². The molecule has 3 fully saturated rings. The molecule has 40 heavy (non-hydrogen) atoms. The SMILES string of the molecule is COc1cc(C(=O)N2C[C@H]3CC[C@@H]2[C@@H]3N)cc2nc(-c3cc4scc(-c5cnn(C)c5)c4n3CC3CC3)n(C)c12. The second-order valence-electron chi connectivity index (χ2n) is 11.8. The van der Waals surface area contributed by atoms with Gasteiger partial charge in [-0.3, -0.25) is 9.48 Å². The molecule has 2 saturated carbocycles. The summed E-state index contributed by atoms with van der Waals surface area (Å²) in [6, 6.07) is 6.28. The van der Waals surface area contributed by atoms with E-state index < -0.39 is 0 Å². The maximum Gasteiger partial charge on any atom is 0.254 e. The molecule has 4 aromatic heterocycles. The van der Waals surface area contributed by atoms with Gasteiger partial charge in [0.2, 0.25) is 0 Å². The van der Waals surface area contributed by atoms with Crippen LogP contribution in [0.4, 0.5) is 0 Å². The first kappa shape index (κ1) is 24.2. The van der Waals surface area contributed by atoms with Crippen LogP contribution in [0.15, 0.2) is 36.0 Å². The molecule has 2 N–H and O–H groups in total. The molecule has 1 amide bonds. The number of carbonyl (C=O) groups is 1. The first-order chi connectivity index (χ1) is 19.4. The largest absolute Gasteiger partial charge is 0.494 e. The molecule has 3 atom stereocenters. The van der Waals surface area contributed by atoms with Crippen LogP contribution >= 0.6 is 11.3 Å². The Kier molecular flexibility index (Phi) is 5.25. The number of amides is 1. The van der Waals surface area contributed by atoms with Gasteiger partial charge in [-0.25, -0.2) is 4.98 Å². The minimum Gasteiger partial charge on any atom is -0.494 e. The lowest BCUT2D eigenvalue weighted by molar-refractivity contribution is 0.0700. The summed E-state index contributed by atoms with van der Waals surface area (Å²) in [6.45, 7) is 1.70. The number of ether oxygens (including phenoxy) is 1. The molecule has 0 unspecified atom stereocenters. The van der Waals surface area contributed by atoms with Gasteiger partial charge in [0.15, 0.2) is 5.82 Å². The fourth-order valence-electron chi connectivity index (χ4n) is 7.04. The minimum atomic E-state index is 0.0220. The second kappa shape index (κ2) is 8.68. The quantitative estimate of drug-likeness (QED) is 0.329. The molecule has 10 heteroatoms. The number of benzene rings is 1. The van der Waals surface area contributed by atoms with E-state index in [9.17, 15) is 4.79 Å². The summed E-state index contributed by atoms with van der Waals surface area (Å²) >= 11 is 1.76. The Morgan fingerprint density at radius 2 is 2.00 bits per heavy atom. The number of hydrogen-bond acceptors (Lipinski definition) is 6. The number of fused-ring (bicyclic) bond motifs is 4. The van der Waals surface area contributed by atoms with Gasteiger partial charge in [0.1, 0.15) is 11.3 Å². The number of nitrogens with two attached hydrogens (primary N) is 1. The minimum absolute atomic E-state index is 0.0220. The molecule has 1 aromatic carbocycles. The molecule has 8 rings (SSSR count). The fraction of sp³-hybridized carbons (Fsp3) is 0.433. The van der Waals surface area contributed by atoms with Gasteiger partial charge in [-0.2, -0.15) is 5.10 Å². The molecule has 5 aromatic rings. The molecule has 3 aliphatic rings. The van der Waals surface area contributed by atoms with Crippen molar-refractivity contribution >= 4 is 38.5 Å². The molecular weight excluding hydrogens is 522 g/mol. The molecule has 5 heterocycles. The van der Waals surface area contributed by atoms with E-state index in [0.29, 0.717) is 23.1 Å². The highest BCUT2D eigenvalue weighted by Crippen LogP contribution is 2.43. The Hall–Kier alpha value is -3.63. The van der Waals surface area contributed by atoms with Crippen molar-refractivity contribution in [1.29, 1.82) is 0 Å². The van der Waals surface area contributed by atoms with E-state index in [1.165, 1.54) is 28.6 Å². The summed E-state index contributed by atoms with van der Waals surface area (Å²) in [5, 5.41) is 6.66. The summed E-state index contributed by atoms with van der Waals surface area (Å²) in [6.07, 6.45) is 8.63. The molecule has 0 radical (unpaired) electrons. The van der Waals surface area contributed by atoms with E-state index in [0.717, 1.165) is 54.0 Å². The Labute approximate surface area is 236 Å². The number of aromatic nitrogens is 5. The maximum absolute atomic E-state index is 13.7. The number of nitrogens with zero attached hydrogens (tertiary/aromatic N) is 6. The van der Waals surface area contributed by atoms with Crippen molar-refractivity contribution in [2.45, 2.75) is 44.3 Å². The van der Waals surface area contributed by atoms with Crippen LogP contribution in [0.5, 0.6) is 5.75 Å². The van der Waals surface area contributed by atoms with Crippen LogP contribution in [0.25, 0.3) is 43.9 Å². The lowest BCUT2D eigenvalue weighted by Crippen LogP contribution is -2.41. The molecule has 2 aliphatic carbocycles. The van der Waals surface area contributed by atoms with Gasteiger partial charge in [0.05, 0.1) is 34.7 Å². The number of carbonyl (C=O) groups excluding carboxylic acids is 1. The van der Waals surface area contributed by atoms with Crippen LogP contribution in [0.2, 0.25) is 0 Å². The molecule has 1 saturated heterocycles. The van der Waals surface area contributed by atoms with Crippen LogP contribution in [0.1, 0.15) is 36.0 Å². The summed E-state index contributed by atoms with van der Waals surface area (Å²) in [4.78, 5) is 20.8. The highest BCUT2D eigenvalue weighted by atomic mass is 32.1. The number of imidazole rings is 1. The Morgan fingerprint density at radius 3 is 2.67 bits per heavy atom. The number of methoxy groups -OCH3 is 1. The van der Waals surface area contributed by atoms with Crippen molar-refractivity contribution in [3.8, 4) is 28.4 Å². The molecular formula is C30H33N7O2S. The van der Waals surface area contributed by atoms with Crippen LogP contribution in [-0.2, 0) is 20.6 Å². The van der Waals surface area contributed by atoms with Gasteiger partial charge in [0.25, 0.3) is 5.91 Å². The number of rotatable bonds is 6. The standard InChI is InChI=1S/C30H33N7O2S/c1-34-13-19(11-32-34)20-15-40-25-10-23(36(27(20)25)12-16-4-5-16)29-33-21-8-18(9-24(39-3)28(21)35(29)2)30(38)37-14-17-6-7-22(37)26(17)31/h8-11,13,15-17,22,26H,4-7,12,14,31H2,1-3H3/t17-,22-,26-/m1/s1. The van der Waals surface area contributed by atoms with Gasteiger partial charge in [-0.1, -0.05) is 0 Å². The van der Waals surface area contributed by atoms with E-state index in [2.05, 4.69) is 31.9 Å². The number of piperidine rings is 1. The molecule has 0 spiro atoms. The Balaban J connectivity index is 1.26. The van der Waals surface area contributed by atoms with Crippen molar-refractivity contribution in [3.63, 3.8) is 0 Å². The Morgan fingerprint density at radius 1 is 1.15 bits per heavy atom.